The van der Waals surface area contributed by atoms with Gasteiger partial charge in [0.1, 0.15) is 0 Å². The van der Waals surface area contributed by atoms with Crippen LogP contribution in [0, 0.1) is 0 Å². The van der Waals surface area contributed by atoms with E-state index in [1.165, 1.54) is 6.92 Å². The van der Waals surface area contributed by atoms with E-state index in [1.54, 1.807) is 0 Å². The summed E-state index contributed by atoms with van der Waals surface area (Å²) in [6, 6.07) is 0. The molecule has 0 aromatic carbocycles. The van der Waals surface area contributed by atoms with Crippen molar-refractivity contribution in [3.63, 3.8) is 0 Å². The van der Waals surface area contributed by atoms with Gasteiger partial charge in [0, 0.05) is 0 Å². The minimum absolute atomic E-state index is 0.0962. The summed E-state index contributed by atoms with van der Waals surface area (Å²) in [5.41, 5.74) is 0. The van der Waals surface area contributed by atoms with Gasteiger partial charge in [0.05, 0.1) is 5.88 Å². The molecular weight excluding hydrogens is 269 g/mol. The maximum absolute atomic E-state index is 10.9. The first-order valence-corrected chi connectivity index (χ1v) is 4.79. The van der Waals surface area contributed by atoms with Crippen LogP contribution in [-0.2, 0) is 9.53 Å². The Bertz CT molecular complexity index is 173. The average molecular weight is 274 g/mol. The van der Waals surface area contributed by atoms with E-state index in [4.69, 9.17) is 58.0 Å². The fourth-order valence-electron chi connectivity index (χ4n) is 0.278. The number of carbonyl (C=O) groups excluding carboxylic acids is 1. The third kappa shape index (κ3) is 4.83. The zero-order valence-electron chi connectivity index (χ0n) is 5.91. The fourth-order valence-corrected chi connectivity index (χ4v) is 0.519. The number of hydrogen-bond acceptors (Lipinski definition) is 2. The van der Waals surface area contributed by atoms with Crippen LogP contribution in [0.3, 0.4) is 0 Å². The molecule has 0 spiro atoms. The van der Waals surface area contributed by atoms with Gasteiger partial charge in [0.2, 0.25) is 0 Å². The molecule has 0 heterocycles. The lowest BCUT2D eigenvalue weighted by Gasteiger charge is -2.21. The van der Waals surface area contributed by atoms with E-state index >= 15 is 0 Å². The van der Waals surface area contributed by atoms with Gasteiger partial charge in [-0.25, -0.2) is 4.79 Å². The molecule has 0 saturated heterocycles. The van der Waals surface area contributed by atoms with Gasteiger partial charge in [-0.05, 0) is 6.92 Å². The Morgan fingerprint density at radius 1 is 1.33 bits per heavy atom. The third-order valence-electron chi connectivity index (χ3n) is 0.776. The zero-order chi connectivity index (χ0) is 9.99. The largest absolute Gasteiger partial charge is 0.439 e. The predicted octanol–water partition coefficient (Wildman–Crippen LogP) is 3.09. The Morgan fingerprint density at radius 3 is 2.00 bits per heavy atom. The molecule has 0 aliphatic heterocycles. The van der Waals surface area contributed by atoms with E-state index in [-0.39, 0.29) is 5.88 Å². The van der Waals surface area contributed by atoms with Crippen molar-refractivity contribution in [3.8, 4) is 0 Å². The SMILES string of the molecule is CC(Cl)(CCl)OC(=O)C(Cl)(Cl)Cl. The molecule has 0 saturated carbocycles. The quantitative estimate of drug-likeness (QED) is 0.571. The molecule has 0 aliphatic rings. The molecule has 72 valence electrons. The second kappa shape index (κ2) is 4.43. The lowest BCUT2D eigenvalue weighted by atomic mass is 10.4. The molecule has 0 aromatic heterocycles. The predicted molar refractivity (Wildman–Crippen MR) is 51.4 cm³/mol. The minimum Gasteiger partial charge on any atom is -0.439 e. The highest BCUT2D eigenvalue weighted by molar-refractivity contribution is 6.75. The van der Waals surface area contributed by atoms with Crippen LogP contribution in [0.25, 0.3) is 0 Å². The van der Waals surface area contributed by atoms with Crippen molar-refractivity contribution in [2.75, 3.05) is 5.88 Å². The minimum atomic E-state index is -2.12. The number of carbonyl (C=O) groups is 1. The topological polar surface area (TPSA) is 26.3 Å². The standard InChI is InChI=1S/C5H5Cl5O2/c1-4(7,2-6)12-3(11)5(8,9)10/h2H2,1H3. The average Bonchev–Trinajstić information content (AvgIpc) is 1.85. The summed E-state index contributed by atoms with van der Waals surface area (Å²) in [7, 11) is 0. The Balaban J connectivity index is 4.20. The molecule has 0 rings (SSSR count). The van der Waals surface area contributed by atoms with E-state index in [1.807, 2.05) is 0 Å². The lowest BCUT2D eigenvalue weighted by molar-refractivity contribution is -0.148. The summed E-state index contributed by atoms with van der Waals surface area (Å²) < 4.78 is 2.43. The molecule has 0 N–H and O–H groups in total. The molecule has 0 aliphatic carbocycles. The van der Waals surface area contributed by atoms with Gasteiger partial charge >= 0.3 is 5.97 Å². The van der Waals surface area contributed by atoms with Crippen LogP contribution in [0.4, 0.5) is 0 Å². The molecule has 0 fully saturated rings. The van der Waals surface area contributed by atoms with Crippen molar-refractivity contribution in [2.24, 2.45) is 0 Å². The van der Waals surface area contributed by atoms with E-state index < -0.39 is 14.8 Å². The Labute approximate surface area is 95.0 Å². The van der Waals surface area contributed by atoms with Crippen LogP contribution in [0.1, 0.15) is 6.92 Å². The second-order valence-electron chi connectivity index (χ2n) is 2.12. The van der Waals surface area contributed by atoms with Crippen LogP contribution in [0.15, 0.2) is 0 Å². The molecule has 0 bridgehead atoms. The van der Waals surface area contributed by atoms with Crippen LogP contribution < -0.4 is 0 Å². The van der Waals surface area contributed by atoms with Crippen molar-refractivity contribution in [3.05, 3.63) is 0 Å². The summed E-state index contributed by atoms with van der Waals surface area (Å²) in [6.07, 6.45) is 0. The van der Waals surface area contributed by atoms with Gasteiger partial charge in [-0.15, -0.1) is 11.6 Å². The van der Waals surface area contributed by atoms with Gasteiger partial charge in [-0.2, -0.15) is 0 Å². The number of hydrogen-bond donors (Lipinski definition) is 0. The number of ether oxygens (including phenoxy) is 1. The van der Waals surface area contributed by atoms with Crippen molar-refractivity contribution in [1.29, 1.82) is 0 Å². The van der Waals surface area contributed by atoms with Crippen LogP contribution in [0.5, 0.6) is 0 Å². The van der Waals surface area contributed by atoms with Crippen molar-refractivity contribution < 1.29 is 9.53 Å². The summed E-state index contributed by atoms with van der Waals surface area (Å²) >= 11 is 26.5. The Kier molecular flexibility index (Phi) is 4.77. The van der Waals surface area contributed by atoms with E-state index in [2.05, 4.69) is 4.74 Å². The molecule has 2 nitrogen and oxygen atoms in total. The summed E-state index contributed by atoms with van der Waals surface area (Å²) in [5, 5.41) is -1.34. The first-order valence-electron chi connectivity index (χ1n) is 2.74. The number of esters is 1. The number of rotatable bonds is 2. The third-order valence-corrected chi connectivity index (χ3v) is 2.10. The van der Waals surface area contributed by atoms with Gasteiger partial charge in [0.25, 0.3) is 3.79 Å². The number of halogens is 5. The first kappa shape index (κ1) is 12.9. The van der Waals surface area contributed by atoms with E-state index in [0.717, 1.165) is 0 Å². The highest BCUT2D eigenvalue weighted by Gasteiger charge is 2.37. The number of alkyl halides is 5. The maximum atomic E-state index is 10.9. The maximum Gasteiger partial charge on any atom is 0.360 e. The lowest BCUT2D eigenvalue weighted by Crippen LogP contribution is -2.33. The molecule has 0 aromatic rings. The molecule has 1 unspecified atom stereocenters. The molecule has 7 heteroatoms. The highest BCUT2D eigenvalue weighted by Crippen LogP contribution is 2.31. The zero-order valence-corrected chi connectivity index (χ0v) is 9.69. The Hall–Kier alpha value is 0.920. The van der Waals surface area contributed by atoms with Gasteiger partial charge in [0.15, 0.2) is 5.06 Å². The van der Waals surface area contributed by atoms with Crippen molar-refractivity contribution in [2.45, 2.75) is 15.8 Å². The van der Waals surface area contributed by atoms with Gasteiger partial charge in [-0.1, -0.05) is 46.4 Å². The molecule has 12 heavy (non-hydrogen) atoms. The fraction of sp³-hybridized carbons (Fsp3) is 0.800. The monoisotopic (exact) mass is 272 g/mol. The van der Waals surface area contributed by atoms with E-state index in [0.29, 0.717) is 0 Å². The van der Waals surface area contributed by atoms with Crippen LogP contribution in [0.2, 0.25) is 0 Å². The first-order chi connectivity index (χ1) is 5.19. The van der Waals surface area contributed by atoms with Crippen molar-refractivity contribution >= 4 is 64.0 Å². The molecule has 1 atom stereocenters. The summed E-state index contributed by atoms with van der Waals surface area (Å²) in [4.78, 5) is 10.9. The normalized spacial score (nSPS) is 16.8. The van der Waals surface area contributed by atoms with Crippen molar-refractivity contribution in [1.82, 2.24) is 0 Å². The Morgan fingerprint density at radius 2 is 1.75 bits per heavy atom. The summed E-state index contributed by atoms with van der Waals surface area (Å²) in [6.45, 7) is 1.38. The van der Waals surface area contributed by atoms with Crippen LogP contribution in [-0.4, -0.2) is 20.7 Å². The van der Waals surface area contributed by atoms with Gasteiger partial charge < -0.3 is 4.74 Å². The second-order valence-corrected chi connectivity index (χ2v) is 5.47. The molecule has 0 amide bonds. The smallest absolute Gasteiger partial charge is 0.360 e. The highest BCUT2D eigenvalue weighted by atomic mass is 35.6. The summed E-state index contributed by atoms with van der Waals surface area (Å²) in [5.74, 6) is -1.15. The van der Waals surface area contributed by atoms with E-state index in [9.17, 15) is 4.79 Å². The van der Waals surface area contributed by atoms with Gasteiger partial charge in [-0.3, -0.25) is 0 Å². The van der Waals surface area contributed by atoms with Crippen LogP contribution >= 0.6 is 58.0 Å². The molecule has 0 radical (unpaired) electrons. The molecular formula is C5H5Cl5O2.